The lowest BCUT2D eigenvalue weighted by atomic mass is 9.98. The second-order valence-corrected chi connectivity index (χ2v) is 5.30. The third-order valence-corrected chi connectivity index (χ3v) is 2.55. The quantitative estimate of drug-likeness (QED) is 0.647. The first-order chi connectivity index (χ1) is 7.37. The highest BCUT2D eigenvalue weighted by molar-refractivity contribution is 5.00. The van der Waals surface area contributed by atoms with Crippen LogP contribution in [0.1, 0.15) is 53.4 Å². The minimum atomic E-state index is -0.677. The van der Waals surface area contributed by atoms with Gasteiger partial charge in [0.1, 0.15) is 5.54 Å². The highest BCUT2D eigenvalue weighted by Gasteiger charge is 2.15. The molecule has 0 radical (unpaired) electrons. The second-order valence-electron chi connectivity index (χ2n) is 5.30. The zero-order valence-corrected chi connectivity index (χ0v) is 11.1. The molecule has 0 spiro atoms. The Balaban J connectivity index is 3.44. The number of nitrogens with zero attached hydrogens (tertiary/aromatic N) is 1. The Bertz CT molecular complexity index is 218. The van der Waals surface area contributed by atoms with Crippen LogP contribution in [0, 0.1) is 17.2 Å². The molecule has 16 heavy (non-hydrogen) atoms. The number of ether oxygens (including phenoxy) is 1. The maximum Gasteiger partial charge on any atom is 0.101 e. The van der Waals surface area contributed by atoms with Gasteiger partial charge in [-0.25, -0.2) is 0 Å². The standard InChI is InChI=1S/C13H26N2O/c1-11(2)9-12(3)16-8-6-5-7-13(4,15)10-14/h11-12H,5-9,15H2,1-4H3. The van der Waals surface area contributed by atoms with Crippen molar-refractivity contribution in [2.45, 2.75) is 65.0 Å². The fourth-order valence-electron chi connectivity index (χ4n) is 1.67. The molecular formula is C13H26N2O. The van der Waals surface area contributed by atoms with Crippen molar-refractivity contribution in [1.82, 2.24) is 0 Å². The lowest BCUT2D eigenvalue weighted by Gasteiger charge is -2.17. The maximum absolute atomic E-state index is 8.73. The molecule has 0 heterocycles. The molecule has 2 atom stereocenters. The average molecular weight is 226 g/mol. The second kappa shape index (κ2) is 7.65. The van der Waals surface area contributed by atoms with Crippen LogP contribution in [0.25, 0.3) is 0 Å². The van der Waals surface area contributed by atoms with Crippen molar-refractivity contribution in [3.05, 3.63) is 0 Å². The summed E-state index contributed by atoms with van der Waals surface area (Å²) in [5, 5.41) is 8.73. The molecule has 94 valence electrons. The van der Waals surface area contributed by atoms with E-state index >= 15 is 0 Å². The summed E-state index contributed by atoms with van der Waals surface area (Å²) in [5.41, 5.74) is 5.04. The number of hydrogen-bond donors (Lipinski definition) is 1. The van der Waals surface area contributed by atoms with E-state index in [0.29, 0.717) is 12.0 Å². The third-order valence-electron chi connectivity index (χ3n) is 2.55. The van der Waals surface area contributed by atoms with Crippen LogP contribution in [0.15, 0.2) is 0 Å². The molecule has 3 heteroatoms. The summed E-state index contributed by atoms with van der Waals surface area (Å²) in [7, 11) is 0. The Kier molecular flexibility index (Phi) is 7.36. The number of unbranched alkanes of at least 4 members (excludes halogenated alkanes) is 1. The van der Waals surface area contributed by atoms with E-state index < -0.39 is 5.54 Å². The van der Waals surface area contributed by atoms with Gasteiger partial charge in [-0.2, -0.15) is 5.26 Å². The Morgan fingerprint density at radius 3 is 2.44 bits per heavy atom. The van der Waals surface area contributed by atoms with Gasteiger partial charge in [0.2, 0.25) is 0 Å². The molecule has 0 saturated heterocycles. The van der Waals surface area contributed by atoms with Gasteiger partial charge in [-0.1, -0.05) is 13.8 Å². The van der Waals surface area contributed by atoms with Crippen LogP contribution < -0.4 is 5.73 Å². The summed E-state index contributed by atoms with van der Waals surface area (Å²) in [5.74, 6) is 0.681. The fourth-order valence-corrected chi connectivity index (χ4v) is 1.67. The molecule has 0 rings (SSSR count). The highest BCUT2D eigenvalue weighted by Crippen LogP contribution is 2.11. The van der Waals surface area contributed by atoms with Gasteiger partial charge in [-0.15, -0.1) is 0 Å². The summed E-state index contributed by atoms with van der Waals surface area (Å²) >= 11 is 0. The van der Waals surface area contributed by atoms with E-state index in [1.54, 1.807) is 6.92 Å². The zero-order valence-electron chi connectivity index (χ0n) is 11.1. The average Bonchev–Trinajstić information content (AvgIpc) is 2.16. The molecule has 0 saturated carbocycles. The molecular weight excluding hydrogens is 200 g/mol. The van der Waals surface area contributed by atoms with Crippen molar-refractivity contribution in [3.63, 3.8) is 0 Å². The van der Waals surface area contributed by atoms with Crippen molar-refractivity contribution >= 4 is 0 Å². The van der Waals surface area contributed by atoms with Gasteiger partial charge in [-0.05, 0) is 45.4 Å². The third kappa shape index (κ3) is 8.70. The summed E-state index contributed by atoms with van der Waals surface area (Å²) in [4.78, 5) is 0. The van der Waals surface area contributed by atoms with Gasteiger partial charge >= 0.3 is 0 Å². The molecule has 3 nitrogen and oxygen atoms in total. The SMILES string of the molecule is CC(C)CC(C)OCCCCC(C)(N)C#N. The Labute approximate surface area is 100.0 Å². The molecule has 0 aliphatic heterocycles. The maximum atomic E-state index is 8.73. The number of rotatable bonds is 8. The van der Waals surface area contributed by atoms with Crippen LogP contribution in [-0.4, -0.2) is 18.2 Å². The largest absolute Gasteiger partial charge is 0.379 e. The molecule has 2 N–H and O–H groups in total. The molecule has 0 aromatic rings. The first-order valence-electron chi connectivity index (χ1n) is 6.19. The Hall–Kier alpha value is -0.590. The van der Waals surface area contributed by atoms with Crippen LogP contribution >= 0.6 is 0 Å². The summed E-state index contributed by atoms with van der Waals surface area (Å²) in [6.45, 7) is 9.06. The van der Waals surface area contributed by atoms with Crippen molar-refractivity contribution in [2.75, 3.05) is 6.61 Å². The van der Waals surface area contributed by atoms with Crippen LogP contribution in [0.3, 0.4) is 0 Å². The molecule has 0 aliphatic rings. The van der Waals surface area contributed by atoms with Crippen LogP contribution in [0.4, 0.5) is 0 Å². The van der Waals surface area contributed by atoms with E-state index in [4.69, 9.17) is 15.7 Å². The molecule has 0 bridgehead atoms. The van der Waals surface area contributed by atoms with Gasteiger partial charge in [0.15, 0.2) is 0 Å². The Morgan fingerprint density at radius 2 is 1.94 bits per heavy atom. The van der Waals surface area contributed by atoms with Gasteiger partial charge in [0.25, 0.3) is 0 Å². The minimum Gasteiger partial charge on any atom is -0.379 e. The number of hydrogen-bond acceptors (Lipinski definition) is 3. The van der Waals surface area contributed by atoms with Crippen molar-refractivity contribution < 1.29 is 4.74 Å². The molecule has 0 fully saturated rings. The summed E-state index contributed by atoms with van der Waals surface area (Å²) < 4.78 is 5.68. The minimum absolute atomic E-state index is 0.334. The first-order valence-corrected chi connectivity index (χ1v) is 6.19. The van der Waals surface area contributed by atoms with E-state index in [-0.39, 0.29) is 0 Å². The molecule has 2 unspecified atom stereocenters. The topological polar surface area (TPSA) is 59.0 Å². The first kappa shape index (κ1) is 15.4. The van der Waals surface area contributed by atoms with Gasteiger partial charge in [-0.3, -0.25) is 0 Å². The van der Waals surface area contributed by atoms with E-state index in [9.17, 15) is 0 Å². The summed E-state index contributed by atoms with van der Waals surface area (Å²) in [6.07, 6.45) is 4.12. The molecule has 0 aliphatic carbocycles. The molecule has 0 aromatic carbocycles. The zero-order chi connectivity index (χ0) is 12.6. The predicted molar refractivity (Wildman–Crippen MR) is 66.9 cm³/mol. The molecule has 0 aromatic heterocycles. The predicted octanol–water partition coefficient (Wildman–Crippen LogP) is 2.85. The number of nitrogens with two attached hydrogens (primary N) is 1. The monoisotopic (exact) mass is 226 g/mol. The normalized spacial score (nSPS) is 16.8. The fraction of sp³-hybridized carbons (Fsp3) is 0.923. The van der Waals surface area contributed by atoms with Crippen molar-refractivity contribution in [3.8, 4) is 6.07 Å². The lowest BCUT2D eigenvalue weighted by Crippen LogP contribution is -2.33. The van der Waals surface area contributed by atoms with E-state index in [2.05, 4.69) is 26.8 Å². The Morgan fingerprint density at radius 1 is 1.31 bits per heavy atom. The van der Waals surface area contributed by atoms with E-state index in [1.807, 2.05) is 0 Å². The van der Waals surface area contributed by atoms with Crippen LogP contribution in [-0.2, 0) is 4.74 Å². The van der Waals surface area contributed by atoms with E-state index in [0.717, 1.165) is 32.3 Å². The van der Waals surface area contributed by atoms with Crippen molar-refractivity contribution in [1.29, 1.82) is 5.26 Å². The smallest absolute Gasteiger partial charge is 0.101 e. The van der Waals surface area contributed by atoms with Crippen LogP contribution in [0.2, 0.25) is 0 Å². The van der Waals surface area contributed by atoms with Gasteiger partial charge in [0.05, 0.1) is 12.2 Å². The summed E-state index contributed by atoms with van der Waals surface area (Å²) in [6, 6.07) is 2.10. The van der Waals surface area contributed by atoms with Crippen molar-refractivity contribution in [2.24, 2.45) is 11.7 Å². The lowest BCUT2D eigenvalue weighted by molar-refractivity contribution is 0.0491. The van der Waals surface area contributed by atoms with E-state index in [1.165, 1.54) is 0 Å². The van der Waals surface area contributed by atoms with Crippen LogP contribution in [0.5, 0.6) is 0 Å². The number of nitriles is 1. The van der Waals surface area contributed by atoms with Gasteiger partial charge < -0.3 is 10.5 Å². The molecule has 0 amide bonds. The highest BCUT2D eigenvalue weighted by atomic mass is 16.5. The van der Waals surface area contributed by atoms with Gasteiger partial charge in [0, 0.05) is 6.61 Å².